The van der Waals surface area contributed by atoms with Crippen LogP contribution in [0.25, 0.3) is 0 Å². The van der Waals surface area contributed by atoms with Gasteiger partial charge in [0.2, 0.25) is 0 Å². The molecule has 2 nitrogen and oxygen atoms in total. The van der Waals surface area contributed by atoms with E-state index in [-0.39, 0.29) is 12.8 Å². The lowest BCUT2D eigenvalue weighted by atomic mass is 10.0. The quantitative estimate of drug-likeness (QED) is 0.426. The molecule has 10 heteroatoms. The maximum atomic E-state index is 13.0. The van der Waals surface area contributed by atoms with Crippen LogP contribution in [0.15, 0.2) is 0 Å². The molecule has 19 heavy (non-hydrogen) atoms. The second-order valence-corrected chi connectivity index (χ2v) is 4.91. The molecule has 0 rings (SSSR count). The highest BCUT2D eigenvalue weighted by Gasteiger charge is 2.74. The third-order valence-electron chi connectivity index (χ3n) is 2.51. The fraction of sp³-hybridized carbons (Fsp3) is 1.00. The minimum absolute atomic E-state index is 0.155. The minimum Gasteiger partial charge on any atom is -0.423 e. The summed E-state index contributed by atoms with van der Waals surface area (Å²) in [5.74, 6) is -5.63. The Morgan fingerprint density at radius 2 is 1.32 bits per heavy atom. The van der Waals surface area contributed by atoms with Gasteiger partial charge >= 0.3 is 18.2 Å². The molecule has 116 valence electrons. The zero-order valence-electron chi connectivity index (χ0n) is 10.6. The van der Waals surface area contributed by atoms with Crippen LogP contribution in [0.5, 0.6) is 0 Å². The van der Waals surface area contributed by atoms with Crippen LogP contribution in [-0.4, -0.2) is 40.9 Å². The predicted molar refractivity (Wildman–Crippen MR) is 56.2 cm³/mol. The summed E-state index contributed by atoms with van der Waals surface area (Å²) >= 11 is 0. The Bertz CT molecular complexity index is 273. The van der Waals surface area contributed by atoms with Gasteiger partial charge in [-0.25, -0.2) is 0 Å². The van der Waals surface area contributed by atoms with Crippen molar-refractivity contribution in [2.45, 2.75) is 50.5 Å². The highest BCUT2D eigenvalue weighted by Crippen LogP contribution is 2.47. The van der Waals surface area contributed by atoms with Crippen molar-refractivity contribution in [3.8, 4) is 0 Å². The van der Waals surface area contributed by atoms with Crippen molar-refractivity contribution in [3.63, 3.8) is 0 Å². The minimum atomic E-state index is -6.17. The average molecular weight is 316 g/mol. The third-order valence-corrected chi connectivity index (χ3v) is 3.61. The predicted octanol–water partition coefficient (Wildman–Crippen LogP) is 2.65. The lowest BCUT2D eigenvalue weighted by molar-refractivity contribution is -0.430. The summed E-state index contributed by atoms with van der Waals surface area (Å²) in [5.41, 5.74) is -0.676. The standard InChI is InChI=1S/C9H15F7O2Si/c1-6(2,18-19)4-3-5-17-7(10,8(11,12)13)9(14,15)16/h3-5H2,1-2,19H3. The fourth-order valence-corrected chi connectivity index (χ4v) is 1.34. The van der Waals surface area contributed by atoms with Gasteiger partial charge in [-0.15, -0.1) is 0 Å². The maximum Gasteiger partial charge on any atom is 0.458 e. The number of hydrogen-bond donors (Lipinski definition) is 0. The Balaban J connectivity index is 4.57. The molecule has 0 saturated carbocycles. The summed E-state index contributed by atoms with van der Waals surface area (Å²) in [4.78, 5) is 0. The number of rotatable bonds is 6. The maximum absolute atomic E-state index is 13.0. The van der Waals surface area contributed by atoms with Crippen molar-refractivity contribution in [1.29, 1.82) is 0 Å². The molecule has 0 bridgehead atoms. The monoisotopic (exact) mass is 316 g/mol. The second kappa shape index (κ2) is 5.96. The Morgan fingerprint density at radius 3 is 1.63 bits per heavy atom. The second-order valence-electron chi connectivity index (χ2n) is 4.51. The number of alkyl halides is 7. The van der Waals surface area contributed by atoms with Gasteiger partial charge in [0.25, 0.3) is 0 Å². The summed E-state index contributed by atoms with van der Waals surface area (Å²) < 4.78 is 94.0. The first-order valence-electron chi connectivity index (χ1n) is 5.28. The van der Waals surface area contributed by atoms with E-state index in [0.717, 1.165) is 0 Å². The van der Waals surface area contributed by atoms with Gasteiger partial charge in [0.1, 0.15) is 10.5 Å². The SMILES string of the molecule is CC(C)(CCCOC(F)(C(F)(F)F)C(F)(F)F)O[SiH3]. The van der Waals surface area contributed by atoms with Gasteiger partial charge in [-0.2, -0.15) is 30.7 Å². The summed E-state index contributed by atoms with van der Waals surface area (Å²) in [6, 6.07) is 0. The van der Waals surface area contributed by atoms with Gasteiger partial charge in [-0.05, 0) is 26.7 Å². The molecule has 0 spiro atoms. The molecule has 0 amide bonds. The van der Waals surface area contributed by atoms with Crippen molar-refractivity contribution in [2.75, 3.05) is 6.61 Å². The van der Waals surface area contributed by atoms with Crippen LogP contribution in [0, 0.1) is 0 Å². The Hall–Kier alpha value is -0.353. The van der Waals surface area contributed by atoms with Gasteiger partial charge < -0.3 is 9.16 Å². The van der Waals surface area contributed by atoms with Crippen LogP contribution in [-0.2, 0) is 9.16 Å². The summed E-state index contributed by atoms with van der Waals surface area (Å²) in [5, 5.41) is 0. The van der Waals surface area contributed by atoms with Crippen LogP contribution in [0.2, 0.25) is 0 Å². The average Bonchev–Trinajstić information content (AvgIpc) is 2.21. The van der Waals surface area contributed by atoms with Gasteiger partial charge in [0.15, 0.2) is 0 Å². The summed E-state index contributed by atoms with van der Waals surface area (Å²) in [6.07, 6.45) is -12.4. The van der Waals surface area contributed by atoms with E-state index in [1.54, 1.807) is 13.8 Å². The lowest BCUT2D eigenvalue weighted by Gasteiger charge is -2.30. The van der Waals surface area contributed by atoms with Crippen molar-refractivity contribution >= 4 is 10.5 Å². The molecule has 0 atom stereocenters. The van der Waals surface area contributed by atoms with Crippen LogP contribution >= 0.6 is 0 Å². The molecular formula is C9H15F7O2Si. The molecule has 0 unspecified atom stereocenters. The first-order chi connectivity index (χ1) is 8.27. The van der Waals surface area contributed by atoms with E-state index >= 15 is 0 Å². The molecule has 0 aromatic heterocycles. The summed E-state index contributed by atoms with van der Waals surface area (Å²) in [7, 11) is 0.367. The highest BCUT2D eigenvalue weighted by molar-refractivity contribution is 5.98. The Morgan fingerprint density at radius 1 is 0.895 bits per heavy atom. The van der Waals surface area contributed by atoms with Crippen LogP contribution in [0.4, 0.5) is 30.7 Å². The van der Waals surface area contributed by atoms with Crippen LogP contribution < -0.4 is 0 Å². The van der Waals surface area contributed by atoms with Crippen molar-refractivity contribution in [2.24, 2.45) is 0 Å². The van der Waals surface area contributed by atoms with Crippen molar-refractivity contribution in [1.82, 2.24) is 0 Å². The molecule has 0 aliphatic heterocycles. The molecule has 0 N–H and O–H groups in total. The molecule has 0 fully saturated rings. The van der Waals surface area contributed by atoms with Gasteiger partial charge in [0.05, 0.1) is 6.61 Å². The summed E-state index contributed by atoms with van der Waals surface area (Å²) in [6.45, 7) is 2.23. The van der Waals surface area contributed by atoms with Crippen molar-refractivity contribution in [3.05, 3.63) is 0 Å². The zero-order valence-corrected chi connectivity index (χ0v) is 12.6. The molecular weight excluding hydrogens is 301 g/mol. The van der Waals surface area contributed by atoms with E-state index < -0.39 is 30.4 Å². The molecule has 0 aromatic rings. The fourth-order valence-electron chi connectivity index (χ4n) is 1.14. The van der Waals surface area contributed by atoms with Crippen LogP contribution in [0.3, 0.4) is 0 Å². The van der Waals surface area contributed by atoms with Crippen LogP contribution in [0.1, 0.15) is 26.7 Å². The van der Waals surface area contributed by atoms with Crippen molar-refractivity contribution < 1.29 is 39.9 Å². The number of halogens is 7. The van der Waals surface area contributed by atoms with Gasteiger partial charge in [-0.3, -0.25) is 0 Å². The van der Waals surface area contributed by atoms with Gasteiger partial charge in [0, 0.05) is 5.60 Å². The van der Waals surface area contributed by atoms with E-state index in [1.807, 2.05) is 0 Å². The topological polar surface area (TPSA) is 18.5 Å². The zero-order chi connectivity index (χ0) is 15.5. The first-order valence-corrected chi connectivity index (χ1v) is 6.10. The largest absolute Gasteiger partial charge is 0.458 e. The molecule has 0 saturated heterocycles. The molecule has 0 aliphatic rings. The normalized spacial score (nSPS) is 15.0. The Labute approximate surface area is 108 Å². The third kappa shape index (κ3) is 4.92. The molecule has 0 radical (unpaired) electrons. The molecule has 0 aliphatic carbocycles. The molecule has 0 heterocycles. The first kappa shape index (κ1) is 18.6. The van der Waals surface area contributed by atoms with Gasteiger partial charge in [-0.1, -0.05) is 0 Å². The lowest BCUT2D eigenvalue weighted by Crippen LogP contribution is -2.55. The smallest absolute Gasteiger partial charge is 0.423 e. The van der Waals surface area contributed by atoms with E-state index in [9.17, 15) is 30.7 Å². The number of ether oxygens (including phenoxy) is 1. The number of hydrogen-bond acceptors (Lipinski definition) is 2. The molecule has 0 aromatic carbocycles. The van der Waals surface area contributed by atoms with E-state index in [0.29, 0.717) is 10.5 Å². The Kier molecular flexibility index (Phi) is 5.85. The van der Waals surface area contributed by atoms with E-state index in [2.05, 4.69) is 4.74 Å². The highest BCUT2D eigenvalue weighted by atomic mass is 28.2. The van der Waals surface area contributed by atoms with E-state index in [1.165, 1.54) is 0 Å². The van der Waals surface area contributed by atoms with E-state index in [4.69, 9.17) is 4.43 Å².